The zero-order valence-corrected chi connectivity index (χ0v) is 25.3. The van der Waals surface area contributed by atoms with Gasteiger partial charge in [0.1, 0.15) is 18.3 Å². The van der Waals surface area contributed by atoms with Crippen molar-refractivity contribution in [2.45, 2.75) is 116 Å². The zero-order chi connectivity index (χ0) is 34.7. The third kappa shape index (κ3) is 14.8. The SMILES string of the molecule is CCCC(=O)OOC(=O)C(OC(=O)CCC(=O)OC(OC(=O)C(C)O)(C(=O)OOC(=O)CCC)C(O)CCC)OC(=O)C(C)O. The van der Waals surface area contributed by atoms with E-state index in [9.17, 15) is 53.7 Å². The fraction of sp³-hybridized carbons (Fsp3) is 0.692. The molecule has 0 heterocycles. The number of ether oxygens (including phenoxy) is 4. The van der Waals surface area contributed by atoms with Crippen LogP contribution in [0.1, 0.15) is 86.0 Å². The number of hydrogen-bond donors (Lipinski definition) is 3. The Morgan fingerprint density at radius 2 is 1.07 bits per heavy atom. The number of aliphatic hydroxyl groups excluding tert-OH is 3. The van der Waals surface area contributed by atoms with Crippen molar-refractivity contribution < 1.29 is 92.2 Å². The number of carbonyl (C=O) groups is 8. The number of rotatable bonds is 18. The summed E-state index contributed by atoms with van der Waals surface area (Å²) in [6.07, 6.45) is -10.4. The van der Waals surface area contributed by atoms with Crippen molar-refractivity contribution in [2.24, 2.45) is 0 Å². The first kappa shape index (κ1) is 40.6. The Morgan fingerprint density at radius 3 is 1.56 bits per heavy atom. The highest BCUT2D eigenvalue weighted by molar-refractivity contribution is 5.88. The molecule has 0 aliphatic heterocycles. The van der Waals surface area contributed by atoms with Crippen molar-refractivity contribution in [1.29, 1.82) is 0 Å². The Bertz CT molecular complexity index is 1050. The fourth-order valence-corrected chi connectivity index (χ4v) is 2.76. The van der Waals surface area contributed by atoms with E-state index in [1.54, 1.807) is 13.8 Å². The predicted octanol–water partition coefficient (Wildman–Crippen LogP) is -0.513. The van der Waals surface area contributed by atoms with Crippen molar-refractivity contribution in [3.8, 4) is 0 Å². The van der Waals surface area contributed by atoms with Gasteiger partial charge >= 0.3 is 59.8 Å². The Balaban J connectivity index is 5.88. The van der Waals surface area contributed by atoms with Crippen LogP contribution in [0.3, 0.4) is 0 Å². The highest BCUT2D eigenvalue weighted by atomic mass is 17.2. The summed E-state index contributed by atoms with van der Waals surface area (Å²) in [5.74, 6) is -15.0. The van der Waals surface area contributed by atoms with Crippen LogP contribution >= 0.6 is 0 Å². The van der Waals surface area contributed by atoms with Crippen LogP contribution in [-0.4, -0.2) is 93.5 Å². The maximum absolute atomic E-state index is 12.9. The average Bonchev–Trinajstić information content (AvgIpc) is 2.96. The average molecular weight is 655 g/mol. The van der Waals surface area contributed by atoms with Crippen LogP contribution in [0.4, 0.5) is 0 Å². The lowest BCUT2D eigenvalue weighted by Crippen LogP contribution is -2.58. The molecule has 0 aliphatic carbocycles. The summed E-state index contributed by atoms with van der Waals surface area (Å²) in [4.78, 5) is 114. The molecule has 45 heavy (non-hydrogen) atoms. The lowest BCUT2D eigenvalue weighted by molar-refractivity contribution is -0.309. The molecule has 0 radical (unpaired) electrons. The molecule has 0 aromatic rings. The third-order valence-electron chi connectivity index (χ3n) is 5.01. The van der Waals surface area contributed by atoms with E-state index in [2.05, 4.69) is 29.0 Å². The van der Waals surface area contributed by atoms with Crippen LogP contribution in [0.5, 0.6) is 0 Å². The van der Waals surface area contributed by atoms with Crippen molar-refractivity contribution in [3.05, 3.63) is 0 Å². The highest BCUT2D eigenvalue weighted by Gasteiger charge is 2.56. The third-order valence-corrected chi connectivity index (χ3v) is 5.01. The summed E-state index contributed by atoms with van der Waals surface area (Å²) >= 11 is 0. The van der Waals surface area contributed by atoms with Gasteiger partial charge in [-0.05, 0) is 33.1 Å². The lowest BCUT2D eigenvalue weighted by Gasteiger charge is -2.33. The quantitative estimate of drug-likeness (QED) is 0.0726. The summed E-state index contributed by atoms with van der Waals surface area (Å²) in [5.41, 5.74) is 0. The van der Waals surface area contributed by atoms with Gasteiger partial charge in [0.05, 0.1) is 12.8 Å². The first-order valence-electron chi connectivity index (χ1n) is 13.8. The minimum Gasteiger partial charge on any atom is -0.414 e. The van der Waals surface area contributed by atoms with Crippen LogP contribution < -0.4 is 0 Å². The molecule has 256 valence electrons. The number of aliphatic hydroxyl groups is 3. The van der Waals surface area contributed by atoms with Crippen LogP contribution in [-0.2, 0) is 76.9 Å². The molecular weight excluding hydrogens is 616 g/mol. The number of carbonyl (C=O) groups excluding carboxylic acids is 8. The lowest BCUT2D eigenvalue weighted by atomic mass is 10.0. The van der Waals surface area contributed by atoms with Crippen molar-refractivity contribution in [3.63, 3.8) is 0 Å². The largest absolute Gasteiger partial charge is 0.442 e. The molecule has 0 saturated carbocycles. The van der Waals surface area contributed by atoms with E-state index >= 15 is 0 Å². The van der Waals surface area contributed by atoms with Crippen molar-refractivity contribution >= 4 is 47.8 Å². The molecule has 19 heteroatoms. The fourth-order valence-electron chi connectivity index (χ4n) is 2.76. The number of esters is 4. The summed E-state index contributed by atoms with van der Waals surface area (Å²) in [7, 11) is 0. The zero-order valence-electron chi connectivity index (χ0n) is 25.3. The summed E-state index contributed by atoms with van der Waals surface area (Å²) < 4.78 is 18.9. The van der Waals surface area contributed by atoms with Crippen molar-refractivity contribution in [1.82, 2.24) is 0 Å². The monoisotopic (exact) mass is 654 g/mol. The molecular formula is C26H38O19. The van der Waals surface area contributed by atoms with Gasteiger partial charge < -0.3 is 34.3 Å². The van der Waals surface area contributed by atoms with Crippen LogP contribution in [0.15, 0.2) is 0 Å². The van der Waals surface area contributed by atoms with Crippen LogP contribution in [0, 0.1) is 0 Å². The molecule has 3 N–H and O–H groups in total. The molecule has 5 atom stereocenters. The summed E-state index contributed by atoms with van der Waals surface area (Å²) in [6, 6.07) is 0. The normalized spacial score (nSPS) is 14.6. The first-order chi connectivity index (χ1) is 21.0. The Hall–Kier alpha value is -4.36. The van der Waals surface area contributed by atoms with E-state index in [0.717, 1.165) is 13.8 Å². The molecule has 5 unspecified atom stereocenters. The molecule has 0 aromatic heterocycles. The summed E-state index contributed by atoms with van der Waals surface area (Å²) in [5, 5.41) is 29.6. The van der Waals surface area contributed by atoms with E-state index in [4.69, 9.17) is 9.47 Å². The standard InChI is InChI=1S/C26H38O19/c1-6-9-16(29)26(41-22(35)15(5)28,25(37)45-43-20(33)11-8-3)40-18(31)13-12-17(30)38-24(39-21(34)14(4)27)23(36)44-42-19(32)10-7-2/h14-16,24,27-29H,6-13H2,1-5H3. The Kier molecular flexibility index (Phi) is 18.6. The smallest absolute Gasteiger partial charge is 0.414 e. The van der Waals surface area contributed by atoms with Gasteiger partial charge in [-0.25, -0.2) is 48.3 Å². The Labute approximate surface area is 256 Å². The molecule has 0 aromatic carbocycles. The first-order valence-corrected chi connectivity index (χ1v) is 13.8. The van der Waals surface area contributed by atoms with Gasteiger partial charge in [0.15, 0.2) is 0 Å². The maximum Gasteiger partial charge on any atom is 0.442 e. The van der Waals surface area contributed by atoms with Crippen molar-refractivity contribution in [2.75, 3.05) is 0 Å². The van der Waals surface area contributed by atoms with E-state index in [-0.39, 0.29) is 32.1 Å². The van der Waals surface area contributed by atoms with E-state index < -0.39 is 91.0 Å². The second kappa shape index (κ2) is 20.6. The number of hydrogen-bond acceptors (Lipinski definition) is 19. The molecule has 0 aliphatic rings. The van der Waals surface area contributed by atoms with E-state index in [1.807, 2.05) is 0 Å². The summed E-state index contributed by atoms with van der Waals surface area (Å²) in [6.45, 7) is 6.59. The minimum absolute atomic E-state index is 0.109. The molecule has 0 fully saturated rings. The van der Waals surface area contributed by atoms with Gasteiger partial charge in [0.2, 0.25) is 0 Å². The van der Waals surface area contributed by atoms with Gasteiger partial charge in [-0.1, -0.05) is 27.2 Å². The molecule has 0 amide bonds. The second-order valence-corrected chi connectivity index (χ2v) is 9.16. The topological polar surface area (TPSA) is 271 Å². The highest BCUT2D eigenvalue weighted by Crippen LogP contribution is 2.27. The molecule has 19 nitrogen and oxygen atoms in total. The maximum atomic E-state index is 12.9. The van der Waals surface area contributed by atoms with Gasteiger partial charge in [-0.2, -0.15) is 0 Å². The minimum atomic E-state index is -3.33. The van der Waals surface area contributed by atoms with Gasteiger partial charge in [0, 0.05) is 12.8 Å². The van der Waals surface area contributed by atoms with E-state index in [1.165, 1.54) is 6.92 Å². The molecule has 0 saturated heterocycles. The second-order valence-electron chi connectivity index (χ2n) is 9.16. The van der Waals surface area contributed by atoms with Gasteiger partial charge in [-0.15, -0.1) is 0 Å². The molecule has 0 bridgehead atoms. The molecule has 0 spiro atoms. The van der Waals surface area contributed by atoms with Gasteiger partial charge in [-0.3, -0.25) is 9.59 Å². The molecule has 0 rings (SSSR count). The predicted molar refractivity (Wildman–Crippen MR) is 139 cm³/mol. The Morgan fingerprint density at radius 1 is 0.556 bits per heavy atom. The van der Waals surface area contributed by atoms with Crippen LogP contribution in [0.25, 0.3) is 0 Å². The van der Waals surface area contributed by atoms with Crippen LogP contribution in [0.2, 0.25) is 0 Å². The van der Waals surface area contributed by atoms with E-state index in [0.29, 0.717) is 6.42 Å². The van der Waals surface area contributed by atoms with Gasteiger partial charge in [0.25, 0.3) is 0 Å².